The van der Waals surface area contributed by atoms with Gasteiger partial charge in [0, 0.05) is 37.0 Å². The van der Waals surface area contributed by atoms with Gasteiger partial charge in [0.15, 0.2) is 0 Å². The van der Waals surface area contributed by atoms with Gasteiger partial charge >= 0.3 is 5.97 Å². The molecule has 0 aliphatic carbocycles. The molecule has 19 heavy (non-hydrogen) atoms. The minimum atomic E-state index is -0.200. The van der Waals surface area contributed by atoms with Crippen LogP contribution in [0.2, 0.25) is 0 Å². The summed E-state index contributed by atoms with van der Waals surface area (Å²) in [6.45, 7) is 3.42. The third-order valence-electron chi connectivity index (χ3n) is 2.60. The molecule has 1 aromatic rings. The number of carbonyl (C=O) groups is 1. The number of nitrogens with zero attached hydrogens (tertiary/aromatic N) is 1. The zero-order valence-corrected chi connectivity index (χ0v) is 12.6. The first kappa shape index (κ1) is 16.1. The molecule has 1 rings (SSSR count). The van der Waals surface area contributed by atoms with E-state index in [-0.39, 0.29) is 5.97 Å². The smallest absolute Gasteiger partial charge is 0.311 e. The van der Waals surface area contributed by atoms with Crippen LogP contribution < -0.4 is 9.64 Å². The van der Waals surface area contributed by atoms with E-state index in [1.807, 2.05) is 19.1 Å². The third kappa shape index (κ3) is 5.70. The van der Waals surface area contributed by atoms with Crippen LogP contribution in [0.15, 0.2) is 24.3 Å². The first-order valence-electron chi connectivity index (χ1n) is 6.38. The normalized spacial score (nSPS) is 10.3. The number of hydrogen-bond acceptors (Lipinski definition) is 3. The standard InChI is InChI=1S/C14H19Cl2NO2/c1-2-3-14(18)19-13-6-4-12(5-7-13)17(10-8-15)11-9-16/h4-7H,2-3,8-11H2,1H3. The minimum Gasteiger partial charge on any atom is -0.427 e. The zero-order valence-electron chi connectivity index (χ0n) is 11.1. The predicted molar refractivity (Wildman–Crippen MR) is 80.6 cm³/mol. The van der Waals surface area contributed by atoms with Gasteiger partial charge in [-0.05, 0) is 30.7 Å². The maximum Gasteiger partial charge on any atom is 0.311 e. The van der Waals surface area contributed by atoms with Gasteiger partial charge in [-0.3, -0.25) is 4.79 Å². The van der Waals surface area contributed by atoms with Gasteiger partial charge in [0.2, 0.25) is 0 Å². The van der Waals surface area contributed by atoms with Gasteiger partial charge < -0.3 is 9.64 Å². The molecule has 0 bridgehead atoms. The van der Waals surface area contributed by atoms with Gasteiger partial charge in [-0.2, -0.15) is 0 Å². The summed E-state index contributed by atoms with van der Waals surface area (Å²) in [5, 5.41) is 0. The van der Waals surface area contributed by atoms with E-state index in [1.54, 1.807) is 12.1 Å². The molecule has 0 aromatic heterocycles. The molecule has 5 heteroatoms. The molecule has 0 saturated carbocycles. The van der Waals surface area contributed by atoms with Crippen molar-refractivity contribution >= 4 is 34.9 Å². The second kappa shape index (κ2) is 9.05. The molecule has 3 nitrogen and oxygen atoms in total. The fourth-order valence-corrected chi connectivity index (χ4v) is 2.09. The van der Waals surface area contributed by atoms with Crippen LogP contribution in [0.25, 0.3) is 0 Å². The number of alkyl halides is 2. The summed E-state index contributed by atoms with van der Waals surface area (Å²) in [5.74, 6) is 1.46. The van der Waals surface area contributed by atoms with Gasteiger partial charge in [-0.15, -0.1) is 23.2 Å². The van der Waals surface area contributed by atoms with Crippen LogP contribution in [-0.2, 0) is 4.79 Å². The molecule has 106 valence electrons. The van der Waals surface area contributed by atoms with E-state index >= 15 is 0 Å². The number of anilines is 1. The van der Waals surface area contributed by atoms with E-state index in [2.05, 4.69) is 4.90 Å². The zero-order chi connectivity index (χ0) is 14.1. The summed E-state index contributed by atoms with van der Waals surface area (Å²) in [7, 11) is 0. The highest BCUT2D eigenvalue weighted by Crippen LogP contribution is 2.20. The van der Waals surface area contributed by atoms with Crippen molar-refractivity contribution in [1.29, 1.82) is 0 Å². The lowest BCUT2D eigenvalue weighted by molar-refractivity contribution is -0.134. The number of hydrogen-bond donors (Lipinski definition) is 0. The summed E-state index contributed by atoms with van der Waals surface area (Å²) < 4.78 is 5.20. The molecule has 1 aromatic carbocycles. The Morgan fingerprint density at radius 1 is 1.16 bits per heavy atom. The Morgan fingerprint density at radius 2 is 1.74 bits per heavy atom. The number of ether oxygens (including phenoxy) is 1. The Bertz CT molecular complexity index is 376. The van der Waals surface area contributed by atoms with Crippen molar-refractivity contribution in [1.82, 2.24) is 0 Å². The van der Waals surface area contributed by atoms with Gasteiger partial charge in [0.05, 0.1) is 0 Å². The van der Waals surface area contributed by atoms with E-state index in [0.29, 0.717) is 23.9 Å². The van der Waals surface area contributed by atoms with Crippen LogP contribution in [-0.4, -0.2) is 30.8 Å². The van der Waals surface area contributed by atoms with Crippen LogP contribution in [0, 0.1) is 0 Å². The Labute approximate surface area is 124 Å². The molecular weight excluding hydrogens is 285 g/mol. The maximum atomic E-state index is 11.4. The molecule has 0 heterocycles. The SMILES string of the molecule is CCCC(=O)Oc1ccc(N(CCCl)CCCl)cc1. The monoisotopic (exact) mass is 303 g/mol. The molecule has 0 aliphatic rings. The Morgan fingerprint density at radius 3 is 2.21 bits per heavy atom. The molecule has 0 radical (unpaired) electrons. The highest BCUT2D eigenvalue weighted by molar-refractivity contribution is 6.18. The molecule has 0 saturated heterocycles. The van der Waals surface area contributed by atoms with Crippen molar-refractivity contribution in [3.63, 3.8) is 0 Å². The van der Waals surface area contributed by atoms with Crippen LogP contribution in [0.4, 0.5) is 5.69 Å². The molecule has 0 amide bonds. The topological polar surface area (TPSA) is 29.5 Å². The lowest BCUT2D eigenvalue weighted by Crippen LogP contribution is -2.27. The van der Waals surface area contributed by atoms with Crippen LogP contribution in [0.3, 0.4) is 0 Å². The van der Waals surface area contributed by atoms with Crippen LogP contribution >= 0.6 is 23.2 Å². The quantitative estimate of drug-likeness (QED) is 0.417. The molecule has 0 spiro atoms. The highest BCUT2D eigenvalue weighted by atomic mass is 35.5. The second-order valence-corrected chi connectivity index (χ2v) is 4.84. The van der Waals surface area contributed by atoms with Crippen molar-refractivity contribution < 1.29 is 9.53 Å². The first-order valence-corrected chi connectivity index (χ1v) is 7.45. The number of rotatable bonds is 8. The molecule has 0 atom stereocenters. The van der Waals surface area contributed by atoms with Gasteiger partial charge in [0.1, 0.15) is 5.75 Å². The Kier molecular flexibility index (Phi) is 7.68. The molecule has 0 N–H and O–H groups in total. The Hall–Kier alpha value is -0.930. The summed E-state index contributed by atoms with van der Waals surface area (Å²) in [5.41, 5.74) is 1.02. The summed E-state index contributed by atoms with van der Waals surface area (Å²) >= 11 is 11.5. The predicted octanol–water partition coefficient (Wildman–Crippen LogP) is 3.68. The van der Waals surface area contributed by atoms with Crippen molar-refractivity contribution in [2.45, 2.75) is 19.8 Å². The van der Waals surface area contributed by atoms with E-state index < -0.39 is 0 Å². The van der Waals surface area contributed by atoms with E-state index in [0.717, 1.165) is 25.2 Å². The molecule has 0 unspecified atom stereocenters. The maximum absolute atomic E-state index is 11.4. The number of esters is 1. The van der Waals surface area contributed by atoms with Crippen molar-refractivity contribution in [2.75, 3.05) is 29.7 Å². The average molecular weight is 304 g/mol. The van der Waals surface area contributed by atoms with Gasteiger partial charge in [-0.1, -0.05) is 6.92 Å². The lowest BCUT2D eigenvalue weighted by Gasteiger charge is -2.22. The van der Waals surface area contributed by atoms with Crippen molar-refractivity contribution in [3.05, 3.63) is 24.3 Å². The number of benzene rings is 1. The molecular formula is C14H19Cl2NO2. The largest absolute Gasteiger partial charge is 0.427 e. The summed E-state index contributed by atoms with van der Waals surface area (Å²) in [6.07, 6.45) is 1.22. The molecule has 0 fully saturated rings. The van der Waals surface area contributed by atoms with Crippen LogP contribution in [0.5, 0.6) is 5.75 Å². The summed E-state index contributed by atoms with van der Waals surface area (Å²) in [6, 6.07) is 7.40. The minimum absolute atomic E-state index is 0.200. The lowest BCUT2D eigenvalue weighted by atomic mass is 10.2. The van der Waals surface area contributed by atoms with Gasteiger partial charge in [0.25, 0.3) is 0 Å². The number of halogens is 2. The third-order valence-corrected chi connectivity index (χ3v) is 2.93. The van der Waals surface area contributed by atoms with Crippen molar-refractivity contribution in [2.24, 2.45) is 0 Å². The Balaban J connectivity index is 2.65. The average Bonchev–Trinajstić information content (AvgIpc) is 2.40. The number of carbonyl (C=O) groups excluding carboxylic acids is 1. The van der Waals surface area contributed by atoms with E-state index in [9.17, 15) is 4.79 Å². The van der Waals surface area contributed by atoms with Crippen LogP contribution in [0.1, 0.15) is 19.8 Å². The fourth-order valence-electron chi connectivity index (χ4n) is 1.69. The van der Waals surface area contributed by atoms with E-state index in [1.165, 1.54) is 0 Å². The van der Waals surface area contributed by atoms with E-state index in [4.69, 9.17) is 27.9 Å². The second-order valence-electron chi connectivity index (χ2n) is 4.08. The van der Waals surface area contributed by atoms with Crippen molar-refractivity contribution in [3.8, 4) is 5.75 Å². The first-order chi connectivity index (χ1) is 9.21. The van der Waals surface area contributed by atoms with Gasteiger partial charge in [-0.25, -0.2) is 0 Å². The molecule has 0 aliphatic heterocycles. The fraction of sp³-hybridized carbons (Fsp3) is 0.500. The highest BCUT2D eigenvalue weighted by Gasteiger charge is 2.07. The summed E-state index contributed by atoms with van der Waals surface area (Å²) in [4.78, 5) is 13.5.